The second kappa shape index (κ2) is 5.68. The molecule has 2 aromatic carbocycles. The highest BCUT2D eigenvalue weighted by atomic mass is 32.2. The zero-order valence-corrected chi connectivity index (χ0v) is 11.0. The van der Waals surface area contributed by atoms with Crippen LogP contribution in [0.1, 0.15) is 12.5 Å². The number of carbonyl (C=O) groups is 1. The molecule has 0 spiro atoms. The van der Waals surface area contributed by atoms with Crippen molar-refractivity contribution in [2.24, 2.45) is 0 Å². The first-order valence-electron chi connectivity index (χ1n) is 5.58. The fraction of sp³-hybridized carbons (Fsp3) is 0.0667. The van der Waals surface area contributed by atoms with E-state index in [1.165, 1.54) is 13.0 Å². The lowest BCUT2D eigenvalue weighted by Gasteiger charge is -2.05. The van der Waals surface area contributed by atoms with Crippen LogP contribution >= 0.6 is 11.8 Å². The Morgan fingerprint density at radius 3 is 2.42 bits per heavy atom. The molecule has 2 nitrogen and oxygen atoms in total. The second-order valence-corrected chi connectivity index (χ2v) is 5.17. The van der Waals surface area contributed by atoms with E-state index in [9.17, 15) is 9.18 Å². The summed E-state index contributed by atoms with van der Waals surface area (Å²) in [6, 6.07) is 13.4. The van der Waals surface area contributed by atoms with Crippen LogP contribution in [0.3, 0.4) is 0 Å². The van der Waals surface area contributed by atoms with Crippen LogP contribution in [-0.4, -0.2) is 5.12 Å². The van der Waals surface area contributed by atoms with Crippen molar-refractivity contribution in [3.8, 4) is 17.2 Å². The van der Waals surface area contributed by atoms with Gasteiger partial charge in [-0.2, -0.15) is 5.26 Å². The average Bonchev–Trinajstić information content (AvgIpc) is 2.38. The number of benzene rings is 2. The van der Waals surface area contributed by atoms with Gasteiger partial charge in [-0.15, -0.1) is 0 Å². The van der Waals surface area contributed by atoms with Crippen molar-refractivity contribution in [2.75, 3.05) is 0 Å². The maximum atomic E-state index is 14.0. The molecule has 2 aromatic rings. The molecule has 0 unspecified atom stereocenters. The molecule has 19 heavy (non-hydrogen) atoms. The third-order valence-electron chi connectivity index (χ3n) is 2.53. The number of hydrogen-bond donors (Lipinski definition) is 0. The summed E-state index contributed by atoms with van der Waals surface area (Å²) in [4.78, 5) is 11.5. The number of rotatable bonds is 2. The van der Waals surface area contributed by atoms with Crippen LogP contribution in [0.25, 0.3) is 11.1 Å². The van der Waals surface area contributed by atoms with Gasteiger partial charge in [0.25, 0.3) is 0 Å². The summed E-state index contributed by atoms with van der Waals surface area (Å²) in [6.45, 7) is 1.44. The van der Waals surface area contributed by atoms with Crippen LogP contribution in [0.15, 0.2) is 47.4 Å². The van der Waals surface area contributed by atoms with Crippen LogP contribution < -0.4 is 0 Å². The first kappa shape index (κ1) is 13.3. The monoisotopic (exact) mass is 271 g/mol. The third-order valence-corrected chi connectivity index (χ3v) is 3.30. The average molecular weight is 271 g/mol. The Morgan fingerprint density at radius 1 is 1.21 bits per heavy atom. The van der Waals surface area contributed by atoms with Gasteiger partial charge in [0.2, 0.25) is 0 Å². The number of thioether (sulfide) groups is 1. The molecule has 0 heterocycles. The Balaban J connectivity index is 2.34. The van der Waals surface area contributed by atoms with Gasteiger partial charge in [0.05, 0.1) is 11.6 Å². The van der Waals surface area contributed by atoms with E-state index in [0.29, 0.717) is 21.6 Å². The van der Waals surface area contributed by atoms with Crippen LogP contribution in [0.5, 0.6) is 0 Å². The lowest BCUT2D eigenvalue weighted by molar-refractivity contribution is -0.109. The molecule has 0 saturated carbocycles. The van der Waals surface area contributed by atoms with Crippen molar-refractivity contribution < 1.29 is 9.18 Å². The van der Waals surface area contributed by atoms with E-state index in [1.54, 1.807) is 36.4 Å². The minimum Gasteiger partial charge on any atom is -0.287 e. The summed E-state index contributed by atoms with van der Waals surface area (Å²) in [6.07, 6.45) is 0. The molecular weight excluding hydrogens is 261 g/mol. The first-order chi connectivity index (χ1) is 9.10. The standard InChI is InChI=1S/C15H10FNOS/c1-10(18)19-13-6-7-14(15(16)8-13)12-4-2-11(9-17)3-5-12/h2-8H,1H3. The van der Waals surface area contributed by atoms with E-state index in [2.05, 4.69) is 0 Å². The van der Waals surface area contributed by atoms with Crippen molar-refractivity contribution in [2.45, 2.75) is 11.8 Å². The third kappa shape index (κ3) is 3.21. The molecule has 0 radical (unpaired) electrons. The largest absolute Gasteiger partial charge is 0.287 e. The van der Waals surface area contributed by atoms with Crippen LogP contribution in [0, 0.1) is 17.1 Å². The first-order valence-corrected chi connectivity index (χ1v) is 6.40. The van der Waals surface area contributed by atoms with Gasteiger partial charge in [-0.25, -0.2) is 4.39 Å². The van der Waals surface area contributed by atoms with E-state index >= 15 is 0 Å². The van der Waals surface area contributed by atoms with Crippen molar-refractivity contribution in [3.63, 3.8) is 0 Å². The fourth-order valence-electron chi connectivity index (χ4n) is 1.68. The highest BCUT2D eigenvalue weighted by Gasteiger charge is 2.07. The quantitative estimate of drug-likeness (QED) is 0.775. The minimum absolute atomic E-state index is 0.0782. The molecule has 0 aliphatic rings. The van der Waals surface area contributed by atoms with Gasteiger partial charge in [0.1, 0.15) is 5.82 Å². The summed E-state index contributed by atoms with van der Waals surface area (Å²) in [5.41, 5.74) is 1.70. The Bertz CT molecular complexity index is 659. The number of halogens is 1. The molecule has 0 fully saturated rings. The van der Waals surface area contributed by atoms with E-state index < -0.39 is 0 Å². The summed E-state index contributed by atoms with van der Waals surface area (Å²) in [5.74, 6) is -0.379. The molecule has 2 rings (SSSR count). The maximum Gasteiger partial charge on any atom is 0.190 e. The summed E-state index contributed by atoms with van der Waals surface area (Å²) in [7, 11) is 0. The summed E-state index contributed by atoms with van der Waals surface area (Å²) >= 11 is 1.00. The molecule has 0 bridgehead atoms. The zero-order valence-electron chi connectivity index (χ0n) is 10.2. The van der Waals surface area contributed by atoms with Crippen molar-refractivity contribution in [1.82, 2.24) is 0 Å². The predicted octanol–water partition coefficient (Wildman–Crippen LogP) is 4.00. The molecule has 0 aromatic heterocycles. The smallest absolute Gasteiger partial charge is 0.190 e. The fourth-order valence-corrected chi connectivity index (χ4v) is 2.31. The second-order valence-electron chi connectivity index (χ2n) is 3.92. The van der Waals surface area contributed by atoms with Gasteiger partial charge >= 0.3 is 0 Å². The van der Waals surface area contributed by atoms with Gasteiger partial charge in [0, 0.05) is 17.4 Å². The highest BCUT2D eigenvalue weighted by molar-refractivity contribution is 8.13. The molecule has 0 atom stereocenters. The van der Waals surface area contributed by atoms with Crippen molar-refractivity contribution in [3.05, 3.63) is 53.8 Å². The van der Waals surface area contributed by atoms with E-state index in [4.69, 9.17) is 5.26 Å². The Hall–Kier alpha value is -2.12. The minimum atomic E-state index is -0.379. The highest BCUT2D eigenvalue weighted by Crippen LogP contribution is 2.27. The normalized spacial score (nSPS) is 9.95. The van der Waals surface area contributed by atoms with Crippen molar-refractivity contribution in [1.29, 1.82) is 5.26 Å². The van der Waals surface area contributed by atoms with Crippen LogP contribution in [-0.2, 0) is 4.79 Å². The summed E-state index contributed by atoms with van der Waals surface area (Å²) < 4.78 is 14.0. The van der Waals surface area contributed by atoms with Gasteiger partial charge in [-0.05, 0) is 29.8 Å². The number of nitrogens with zero attached hydrogens (tertiary/aromatic N) is 1. The predicted molar refractivity (Wildman–Crippen MR) is 73.1 cm³/mol. The topological polar surface area (TPSA) is 40.9 Å². The molecular formula is C15H10FNOS. The van der Waals surface area contributed by atoms with Gasteiger partial charge in [-0.3, -0.25) is 4.79 Å². The summed E-state index contributed by atoms with van der Waals surface area (Å²) in [5, 5.41) is 8.64. The SMILES string of the molecule is CC(=O)Sc1ccc(-c2ccc(C#N)cc2)c(F)c1. The molecule has 0 aliphatic heterocycles. The molecule has 0 aliphatic carbocycles. The van der Waals surface area contributed by atoms with Crippen LogP contribution in [0.2, 0.25) is 0 Å². The van der Waals surface area contributed by atoms with Crippen molar-refractivity contribution >= 4 is 16.9 Å². The number of hydrogen-bond acceptors (Lipinski definition) is 3. The van der Waals surface area contributed by atoms with Gasteiger partial charge in [0.15, 0.2) is 5.12 Å². The molecule has 4 heteroatoms. The molecule has 94 valence electrons. The van der Waals surface area contributed by atoms with E-state index in [0.717, 1.165) is 11.8 Å². The van der Waals surface area contributed by atoms with Gasteiger partial charge in [-0.1, -0.05) is 30.0 Å². The number of nitriles is 1. The molecule has 0 amide bonds. The molecule has 0 N–H and O–H groups in total. The number of carbonyl (C=O) groups excluding carboxylic acids is 1. The zero-order chi connectivity index (χ0) is 13.8. The Kier molecular flexibility index (Phi) is 3.98. The van der Waals surface area contributed by atoms with E-state index in [1.807, 2.05) is 6.07 Å². The lowest BCUT2D eigenvalue weighted by atomic mass is 10.0. The van der Waals surface area contributed by atoms with E-state index in [-0.39, 0.29) is 10.9 Å². The Labute approximate surface area is 114 Å². The van der Waals surface area contributed by atoms with Gasteiger partial charge < -0.3 is 0 Å². The maximum absolute atomic E-state index is 14.0. The lowest BCUT2D eigenvalue weighted by Crippen LogP contribution is -1.87. The molecule has 0 saturated heterocycles. The van der Waals surface area contributed by atoms with Crippen LogP contribution in [0.4, 0.5) is 4.39 Å². The Morgan fingerprint density at radius 2 is 1.89 bits per heavy atom.